The minimum Gasteiger partial charge on any atom is -0.495 e. The third-order valence-electron chi connectivity index (χ3n) is 6.29. The third kappa shape index (κ3) is 6.79. The third-order valence-corrected chi connectivity index (χ3v) is 6.60. The van der Waals surface area contributed by atoms with Crippen molar-refractivity contribution in [1.82, 2.24) is 15.6 Å². The fraction of sp³-hybridized carbons (Fsp3) is 0.458. The highest BCUT2D eigenvalue weighted by Crippen LogP contribution is 2.36. The monoisotopic (exact) mass is 528 g/mol. The van der Waals surface area contributed by atoms with Gasteiger partial charge in [0, 0.05) is 23.1 Å². The summed E-state index contributed by atoms with van der Waals surface area (Å²) in [7, 11) is 1.34. The predicted octanol–water partition coefficient (Wildman–Crippen LogP) is 4.51. The van der Waals surface area contributed by atoms with E-state index in [2.05, 4.69) is 20.9 Å². The molecule has 1 aromatic heterocycles. The zero-order valence-corrected chi connectivity index (χ0v) is 20.6. The first-order valence-corrected chi connectivity index (χ1v) is 11.7. The summed E-state index contributed by atoms with van der Waals surface area (Å²) >= 11 is 6.38. The van der Waals surface area contributed by atoms with Crippen molar-refractivity contribution in [2.75, 3.05) is 32.1 Å². The number of aromatic nitrogens is 1. The number of carbonyl (C=O) groups is 2. The van der Waals surface area contributed by atoms with Gasteiger partial charge in [-0.1, -0.05) is 11.6 Å². The summed E-state index contributed by atoms with van der Waals surface area (Å²) in [5.74, 6) is -1.12. The van der Waals surface area contributed by atoms with Crippen LogP contribution in [0, 0.1) is 5.41 Å². The Hall–Kier alpha value is -3.05. The van der Waals surface area contributed by atoms with Crippen LogP contribution in [-0.4, -0.2) is 48.7 Å². The van der Waals surface area contributed by atoms with E-state index in [9.17, 15) is 27.9 Å². The topological polar surface area (TPSA) is 113 Å². The van der Waals surface area contributed by atoms with Gasteiger partial charge < -0.3 is 25.8 Å². The number of aliphatic carboxylic acids is 1. The molecule has 1 saturated heterocycles. The lowest BCUT2D eigenvalue weighted by atomic mass is 9.76. The van der Waals surface area contributed by atoms with E-state index in [0.29, 0.717) is 31.6 Å². The van der Waals surface area contributed by atoms with Crippen LogP contribution in [0.2, 0.25) is 5.02 Å². The van der Waals surface area contributed by atoms with Crippen LogP contribution in [0.4, 0.5) is 18.9 Å². The van der Waals surface area contributed by atoms with Crippen LogP contribution in [0.1, 0.15) is 53.8 Å². The summed E-state index contributed by atoms with van der Waals surface area (Å²) in [6, 6.07) is 4.83. The molecule has 0 aliphatic carbocycles. The standard InChI is InChI=1S/C24H28ClF3N4O4/c1-14(16-10-20(24(26,27)28)30-12-19(16)36-2)32-18-4-3-15(9-17(18)25)22(35)31-13-23(11-21(33)34)5-7-29-8-6-23/h3-4,9-10,12,14,29,32H,5-8,11,13H2,1-2H3,(H,31,35)(H,33,34). The van der Waals surface area contributed by atoms with Gasteiger partial charge in [0.15, 0.2) is 0 Å². The van der Waals surface area contributed by atoms with Crippen molar-refractivity contribution < 1.29 is 32.6 Å². The van der Waals surface area contributed by atoms with Crippen LogP contribution in [0.3, 0.4) is 0 Å². The van der Waals surface area contributed by atoms with Crippen LogP contribution in [-0.2, 0) is 11.0 Å². The first-order valence-electron chi connectivity index (χ1n) is 11.3. The van der Waals surface area contributed by atoms with Crippen molar-refractivity contribution in [2.45, 2.75) is 38.4 Å². The molecule has 36 heavy (non-hydrogen) atoms. The minimum absolute atomic E-state index is 0.0367. The Morgan fingerprint density at radius 1 is 1.28 bits per heavy atom. The molecule has 1 unspecified atom stereocenters. The molecule has 0 spiro atoms. The Bertz CT molecular complexity index is 1110. The number of carbonyl (C=O) groups excluding carboxylic acids is 1. The molecule has 2 heterocycles. The van der Waals surface area contributed by atoms with E-state index in [-0.39, 0.29) is 34.9 Å². The van der Waals surface area contributed by atoms with Crippen molar-refractivity contribution in [3.05, 3.63) is 52.3 Å². The molecule has 1 aromatic carbocycles. The van der Waals surface area contributed by atoms with Gasteiger partial charge in [0.1, 0.15) is 11.4 Å². The second-order valence-corrected chi connectivity index (χ2v) is 9.28. The maximum Gasteiger partial charge on any atom is 0.433 e. The molecule has 1 aliphatic rings. The van der Waals surface area contributed by atoms with Crippen LogP contribution in [0.25, 0.3) is 0 Å². The number of alkyl halides is 3. The minimum atomic E-state index is -4.61. The average Bonchev–Trinajstić information content (AvgIpc) is 2.83. The fourth-order valence-corrected chi connectivity index (χ4v) is 4.51. The van der Waals surface area contributed by atoms with Crippen molar-refractivity contribution in [3.8, 4) is 5.75 Å². The van der Waals surface area contributed by atoms with Gasteiger partial charge in [0.2, 0.25) is 0 Å². The Kier molecular flexibility index (Phi) is 8.67. The summed E-state index contributed by atoms with van der Waals surface area (Å²) < 4.78 is 44.6. The number of methoxy groups -OCH3 is 1. The molecule has 0 radical (unpaired) electrons. The lowest BCUT2D eigenvalue weighted by Gasteiger charge is -2.36. The number of nitrogens with one attached hydrogen (secondary N) is 3. The molecule has 2 aromatic rings. The molecule has 1 amide bonds. The molecule has 4 N–H and O–H groups in total. The predicted molar refractivity (Wildman–Crippen MR) is 128 cm³/mol. The Morgan fingerprint density at radius 3 is 2.56 bits per heavy atom. The van der Waals surface area contributed by atoms with Gasteiger partial charge >= 0.3 is 12.1 Å². The molecular weight excluding hydrogens is 501 g/mol. The van der Waals surface area contributed by atoms with Gasteiger partial charge in [-0.05, 0) is 57.1 Å². The van der Waals surface area contributed by atoms with Crippen LogP contribution >= 0.6 is 11.6 Å². The van der Waals surface area contributed by atoms with Gasteiger partial charge in [-0.2, -0.15) is 13.2 Å². The second-order valence-electron chi connectivity index (χ2n) is 8.87. The van der Waals surface area contributed by atoms with Gasteiger partial charge in [0.25, 0.3) is 5.91 Å². The normalized spacial score (nSPS) is 16.2. The Morgan fingerprint density at radius 2 is 1.97 bits per heavy atom. The summed E-state index contributed by atoms with van der Waals surface area (Å²) in [5.41, 5.74) is -0.637. The molecule has 0 saturated carbocycles. The van der Waals surface area contributed by atoms with E-state index in [4.69, 9.17) is 16.3 Å². The van der Waals surface area contributed by atoms with Crippen molar-refractivity contribution in [3.63, 3.8) is 0 Å². The molecular formula is C24H28ClF3N4O4. The molecule has 1 aliphatic heterocycles. The molecule has 1 atom stereocenters. The smallest absolute Gasteiger partial charge is 0.433 e. The van der Waals surface area contributed by atoms with Crippen LogP contribution < -0.4 is 20.7 Å². The highest BCUT2D eigenvalue weighted by molar-refractivity contribution is 6.33. The molecule has 8 nitrogen and oxygen atoms in total. The number of rotatable bonds is 9. The van der Waals surface area contributed by atoms with Crippen molar-refractivity contribution >= 4 is 29.2 Å². The van der Waals surface area contributed by atoms with Gasteiger partial charge in [0.05, 0.1) is 36.5 Å². The molecule has 196 valence electrons. The maximum absolute atomic E-state index is 13.1. The number of amides is 1. The number of benzene rings is 1. The fourth-order valence-electron chi connectivity index (χ4n) is 4.27. The molecule has 0 bridgehead atoms. The Labute approximate surface area is 211 Å². The summed E-state index contributed by atoms with van der Waals surface area (Å²) in [6.07, 6.45) is -2.36. The average molecular weight is 529 g/mol. The lowest BCUT2D eigenvalue weighted by molar-refractivity contribution is -0.141. The van der Waals surface area contributed by atoms with E-state index in [0.717, 1.165) is 12.3 Å². The zero-order chi connectivity index (χ0) is 26.5. The quantitative estimate of drug-likeness (QED) is 0.379. The molecule has 12 heteroatoms. The number of anilines is 1. The highest BCUT2D eigenvalue weighted by atomic mass is 35.5. The number of nitrogens with zero attached hydrogens (tertiary/aromatic N) is 1. The van der Waals surface area contributed by atoms with E-state index < -0.39 is 35.2 Å². The first kappa shape index (κ1) is 27.5. The number of carboxylic acids is 1. The molecule has 1 fully saturated rings. The maximum atomic E-state index is 13.1. The van der Waals surface area contributed by atoms with E-state index in [1.807, 2.05) is 0 Å². The van der Waals surface area contributed by atoms with E-state index in [1.54, 1.807) is 13.0 Å². The van der Waals surface area contributed by atoms with Gasteiger partial charge in [-0.3, -0.25) is 9.59 Å². The number of pyridine rings is 1. The lowest BCUT2D eigenvalue weighted by Crippen LogP contribution is -2.45. The number of carboxylic acid groups (broad SMARTS) is 1. The molecule has 3 rings (SSSR count). The number of hydrogen-bond donors (Lipinski definition) is 4. The first-order chi connectivity index (χ1) is 16.9. The van der Waals surface area contributed by atoms with Gasteiger partial charge in [-0.15, -0.1) is 0 Å². The van der Waals surface area contributed by atoms with E-state index in [1.165, 1.54) is 19.2 Å². The number of ether oxygens (including phenoxy) is 1. The zero-order valence-electron chi connectivity index (χ0n) is 19.8. The SMILES string of the molecule is COc1cnc(C(F)(F)F)cc1C(C)Nc1ccc(C(=O)NCC2(CC(=O)O)CCNCC2)cc1Cl. The summed E-state index contributed by atoms with van der Waals surface area (Å²) in [6.45, 7) is 3.23. The summed E-state index contributed by atoms with van der Waals surface area (Å²) in [5, 5.41) is 18.6. The number of piperidine rings is 1. The van der Waals surface area contributed by atoms with Gasteiger partial charge in [-0.25, -0.2) is 4.98 Å². The van der Waals surface area contributed by atoms with Crippen molar-refractivity contribution in [2.24, 2.45) is 5.41 Å². The van der Waals surface area contributed by atoms with E-state index >= 15 is 0 Å². The summed E-state index contributed by atoms with van der Waals surface area (Å²) in [4.78, 5) is 27.5. The number of halogens is 4. The Balaban J connectivity index is 1.71. The number of hydrogen-bond acceptors (Lipinski definition) is 6. The van der Waals surface area contributed by atoms with Crippen molar-refractivity contribution in [1.29, 1.82) is 0 Å². The van der Waals surface area contributed by atoms with Crippen LogP contribution in [0.15, 0.2) is 30.5 Å². The largest absolute Gasteiger partial charge is 0.495 e. The second kappa shape index (κ2) is 11.3. The highest BCUT2D eigenvalue weighted by Gasteiger charge is 2.35. The van der Waals surface area contributed by atoms with Crippen LogP contribution in [0.5, 0.6) is 5.75 Å².